The van der Waals surface area contributed by atoms with E-state index in [1.807, 2.05) is 18.2 Å². The molecule has 1 N–H and O–H groups in total. The fourth-order valence-corrected chi connectivity index (χ4v) is 2.68. The van der Waals surface area contributed by atoms with E-state index in [2.05, 4.69) is 34.5 Å². The lowest BCUT2D eigenvalue weighted by Crippen LogP contribution is -2.15. The van der Waals surface area contributed by atoms with Gasteiger partial charge in [0.25, 0.3) is 0 Å². The Kier molecular flexibility index (Phi) is 6.79. The standard InChI is InChI=1S/C16H23N3OS/c1-13(2)20-10-6-5-8-17-11-14-12-21-16(19-14)15-7-3-4-9-18-15/h3-4,7,9,12-13,17H,5-6,8,10-11H2,1-2H3. The molecule has 0 saturated carbocycles. The van der Waals surface area contributed by atoms with Crippen molar-refractivity contribution >= 4 is 11.3 Å². The first-order valence-electron chi connectivity index (χ1n) is 7.44. The van der Waals surface area contributed by atoms with Gasteiger partial charge in [0.05, 0.1) is 17.5 Å². The van der Waals surface area contributed by atoms with E-state index in [0.717, 1.165) is 48.9 Å². The molecule has 0 saturated heterocycles. The smallest absolute Gasteiger partial charge is 0.142 e. The van der Waals surface area contributed by atoms with Crippen molar-refractivity contribution in [1.29, 1.82) is 0 Å². The lowest BCUT2D eigenvalue weighted by atomic mass is 10.3. The molecule has 2 aromatic rings. The van der Waals surface area contributed by atoms with Crippen LogP contribution in [0.15, 0.2) is 29.8 Å². The molecule has 2 aromatic heterocycles. The van der Waals surface area contributed by atoms with Gasteiger partial charge in [0.1, 0.15) is 5.01 Å². The van der Waals surface area contributed by atoms with Gasteiger partial charge in [0, 0.05) is 24.7 Å². The Labute approximate surface area is 130 Å². The number of hydrogen-bond donors (Lipinski definition) is 1. The van der Waals surface area contributed by atoms with Crippen LogP contribution < -0.4 is 5.32 Å². The van der Waals surface area contributed by atoms with Crippen molar-refractivity contribution in [2.24, 2.45) is 0 Å². The summed E-state index contributed by atoms with van der Waals surface area (Å²) in [6, 6.07) is 5.90. The van der Waals surface area contributed by atoms with Crippen molar-refractivity contribution < 1.29 is 4.74 Å². The quantitative estimate of drug-likeness (QED) is 0.720. The normalized spacial score (nSPS) is 11.2. The molecule has 5 heteroatoms. The Morgan fingerprint density at radius 1 is 1.29 bits per heavy atom. The van der Waals surface area contributed by atoms with Crippen LogP contribution in [-0.4, -0.2) is 29.2 Å². The van der Waals surface area contributed by atoms with E-state index in [0.29, 0.717) is 6.10 Å². The van der Waals surface area contributed by atoms with Crippen LogP contribution in [0, 0.1) is 0 Å². The fraction of sp³-hybridized carbons (Fsp3) is 0.500. The highest BCUT2D eigenvalue weighted by Gasteiger charge is 2.04. The van der Waals surface area contributed by atoms with Gasteiger partial charge in [-0.2, -0.15) is 0 Å². The number of thiazole rings is 1. The first-order valence-corrected chi connectivity index (χ1v) is 8.32. The Bertz CT molecular complexity index is 513. The lowest BCUT2D eigenvalue weighted by Gasteiger charge is -2.07. The van der Waals surface area contributed by atoms with Crippen molar-refractivity contribution in [1.82, 2.24) is 15.3 Å². The van der Waals surface area contributed by atoms with Crippen LogP contribution in [0.25, 0.3) is 10.7 Å². The SMILES string of the molecule is CC(C)OCCCCNCc1csc(-c2ccccn2)n1. The van der Waals surface area contributed by atoms with Gasteiger partial charge in [-0.1, -0.05) is 6.07 Å². The number of ether oxygens (including phenoxy) is 1. The van der Waals surface area contributed by atoms with E-state index >= 15 is 0 Å². The van der Waals surface area contributed by atoms with Crippen LogP contribution in [0.3, 0.4) is 0 Å². The summed E-state index contributed by atoms with van der Waals surface area (Å²) in [6.45, 7) is 6.80. The summed E-state index contributed by atoms with van der Waals surface area (Å²) >= 11 is 1.64. The van der Waals surface area contributed by atoms with Crippen LogP contribution in [0.4, 0.5) is 0 Å². The van der Waals surface area contributed by atoms with Crippen LogP contribution in [-0.2, 0) is 11.3 Å². The Balaban J connectivity index is 1.65. The zero-order valence-electron chi connectivity index (χ0n) is 12.7. The largest absolute Gasteiger partial charge is 0.379 e. The Morgan fingerprint density at radius 2 is 2.19 bits per heavy atom. The summed E-state index contributed by atoms with van der Waals surface area (Å²) in [5.41, 5.74) is 2.03. The summed E-state index contributed by atoms with van der Waals surface area (Å²) in [7, 11) is 0. The van der Waals surface area contributed by atoms with Crippen molar-refractivity contribution in [3.8, 4) is 10.7 Å². The number of aromatic nitrogens is 2. The summed E-state index contributed by atoms with van der Waals surface area (Å²) in [5.74, 6) is 0. The number of nitrogens with one attached hydrogen (secondary N) is 1. The maximum Gasteiger partial charge on any atom is 0.142 e. The van der Waals surface area contributed by atoms with Crippen molar-refractivity contribution in [3.63, 3.8) is 0 Å². The molecule has 0 radical (unpaired) electrons. The predicted octanol–water partition coefficient (Wildman–Crippen LogP) is 3.50. The molecule has 4 nitrogen and oxygen atoms in total. The number of nitrogens with zero attached hydrogens (tertiary/aromatic N) is 2. The van der Waals surface area contributed by atoms with E-state index in [9.17, 15) is 0 Å². The average Bonchev–Trinajstić information content (AvgIpc) is 2.96. The zero-order valence-corrected chi connectivity index (χ0v) is 13.5. The minimum atomic E-state index is 0.331. The zero-order chi connectivity index (χ0) is 14.9. The second-order valence-electron chi connectivity index (χ2n) is 5.16. The van der Waals surface area contributed by atoms with Crippen molar-refractivity contribution in [3.05, 3.63) is 35.5 Å². The summed E-state index contributed by atoms with van der Waals surface area (Å²) in [6.07, 6.45) is 4.36. The van der Waals surface area contributed by atoms with Crippen LogP contribution in [0.5, 0.6) is 0 Å². The van der Waals surface area contributed by atoms with Crippen LogP contribution >= 0.6 is 11.3 Å². The lowest BCUT2D eigenvalue weighted by molar-refractivity contribution is 0.0760. The highest BCUT2D eigenvalue weighted by molar-refractivity contribution is 7.13. The topological polar surface area (TPSA) is 47.0 Å². The fourth-order valence-electron chi connectivity index (χ4n) is 1.88. The van der Waals surface area contributed by atoms with E-state index in [1.54, 1.807) is 17.5 Å². The number of pyridine rings is 1. The first kappa shape index (κ1) is 16.1. The summed E-state index contributed by atoms with van der Waals surface area (Å²) in [5, 5.41) is 6.50. The third-order valence-corrected chi connectivity index (χ3v) is 3.85. The number of unbranched alkanes of at least 4 members (excludes halogenated alkanes) is 1. The monoisotopic (exact) mass is 305 g/mol. The first-order chi connectivity index (χ1) is 10.3. The Hall–Kier alpha value is -1.30. The van der Waals surface area contributed by atoms with Gasteiger partial charge < -0.3 is 10.1 Å². The molecule has 0 bridgehead atoms. The van der Waals surface area contributed by atoms with Gasteiger partial charge in [-0.15, -0.1) is 11.3 Å². The average molecular weight is 305 g/mol. The highest BCUT2D eigenvalue weighted by Crippen LogP contribution is 2.21. The molecule has 0 aliphatic carbocycles. The van der Waals surface area contributed by atoms with E-state index in [4.69, 9.17) is 4.74 Å². The second kappa shape index (κ2) is 8.87. The molecule has 0 aromatic carbocycles. The Morgan fingerprint density at radius 3 is 2.95 bits per heavy atom. The molecular formula is C16H23N3OS. The van der Waals surface area contributed by atoms with Crippen LogP contribution in [0.1, 0.15) is 32.4 Å². The van der Waals surface area contributed by atoms with E-state index in [-0.39, 0.29) is 0 Å². The molecule has 21 heavy (non-hydrogen) atoms. The van der Waals surface area contributed by atoms with Gasteiger partial charge in [0.15, 0.2) is 0 Å². The molecule has 2 heterocycles. The summed E-state index contributed by atoms with van der Waals surface area (Å²) < 4.78 is 5.51. The molecule has 114 valence electrons. The van der Waals surface area contributed by atoms with Gasteiger partial charge in [0.2, 0.25) is 0 Å². The van der Waals surface area contributed by atoms with Gasteiger partial charge in [-0.25, -0.2) is 4.98 Å². The molecule has 0 spiro atoms. The number of hydrogen-bond acceptors (Lipinski definition) is 5. The molecule has 0 unspecified atom stereocenters. The third kappa shape index (κ3) is 5.91. The maximum absolute atomic E-state index is 5.51. The maximum atomic E-state index is 5.51. The molecular weight excluding hydrogens is 282 g/mol. The molecule has 0 fully saturated rings. The molecule has 2 rings (SSSR count). The number of rotatable bonds is 9. The second-order valence-corrected chi connectivity index (χ2v) is 6.02. The molecule has 0 aliphatic heterocycles. The summed E-state index contributed by atoms with van der Waals surface area (Å²) in [4.78, 5) is 8.93. The highest BCUT2D eigenvalue weighted by atomic mass is 32.1. The van der Waals surface area contributed by atoms with Gasteiger partial charge >= 0.3 is 0 Å². The molecule has 0 atom stereocenters. The van der Waals surface area contributed by atoms with E-state index in [1.165, 1.54) is 0 Å². The van der Waals surface area contributed by atoms with E-state index < -0.39 is 0 Å². The van der Waals surface area contributed by atoms with Crippen molar-refractivity contribution in [2.45, 2.75) is 39.3 Å². The van der Waals surface area contributed by atoms with Crippen molar-refractivity contribution in [2.75, 3.05) is 13.2 Å². The third-order valence-electron chi connectivity index (χ3n) is 2.94. The predicted molar refractivity (Wildman–Crippen MR) is 87.4 cm³/mol. The minimum absolute atomic E-state index is 0.331. The van der Waals surface area contributed by atoms with Gasteiger partial charge in [-0.05, 0) is 45.4 Å². The molecule has 0 aliphatic rings. The van der Waals surface area contributed by atoms with Gasteiger partial charge in [-0.3, -0.25) is 4.98 Å². The minimum Gasteiger partial charge on any atom is -0.379 e. The molecule has 0 amide bonds. The van der Waals surface area contributed by atoms with Crippen LogP contribution in [0.2, 0.25) is 0 Å².